The van der Waals surface area contributed by atoms with Crippen LogP contribution in [0.25, 0.3) is 0 Å². The summed E-state index contributed by atoms with van der Waals surface area (Å²) < 4.78 is 4.62. The molecule has 0 radical (unpaired) electrons. The molecule has 22 heavy (non-hydrogen) atoms. The van der Waals surface area contributed by atoms with Crippen LogP contribution in [0.3, 0.4) is 0 Å². The van der Waals surface area contributed by atoms with Gasteiger partial charge in [0.15, 0.2) is 0 Å². The lowest BCUT2D eigenvalue weighted by Gasteiger charge is -2.36. The van der Waals surface area contributed by atoms with Gasteiger partial charge < -0.3 is 10.5 Å². The van der Waals surface area contributed by atoms with E-state index in [0.29, 0.717) is 16.5 Å². The molecular weight excluding hydrogens is 300 g/mol. The molecule has 2 rings (SSSR count). The highest BCUT2D eigenvalue weighted by atomic mass is 32.1. The molecule has 0 aliphatic heterocycles. The molecule has 1 aromatic heterocycles. The monoisotopic (exact) mass is 324 g/mol. The smallest absolute Gasteiger partial charge is 0.411 e. The average Bonchev–Trinajstić information content (AvgIpc) is 2.83. The van der Waals surface area contributed by atoms with Crippen LogP contribution in [-0.4, -0.2) is 19.1 Å². The number of methoxy groups -OCH3 is 1. The van der Waals surface area contributed by atoms with Gasteiger partial charge in [-0.1, -0.05) is 27.2 Å². The van der Waals surface area contributed by atoms with Crippen molar-refractivity contribution in [2.24, 2.45) is 17.1 Å². The van der Waals surface area contributed by atoms with Crippen LogP contribution < -0.4 is 11.1 Å². The zero-order chi connectivity index (χ0) is 16.5. The molecule has 6 heteroatoms. The van der Waals surface area contributed by atoms with E-state index in [-0.39, 0.29) is 5.41 Å². The number of hydrogen-bond acceptors (Lipinski definition) is 4. The third-order valence-electron chi connectivity index (χ3n) is 4.93. The highest BCUT2D eigenvalue weighted by molar-refractivity contribution is 7.17. The number of thiophene rings is 1. The van der Waals surface area contributed by atoms with Crippen LogP contribution in [0.15, 0.2) is 0 Å². The number of ether oxygens (including phenoxy) is 1. The summed E-state index contributed by atoms with van der Waals surface area (Å²) in [4.78, 5) is 24.4. The van der Waals surface area contributed by atoms with Crippen LogP contribution in [-0.2, 0) is 17.6 Å². The van der Waals surface area contributed by atoms with E-state index in [1.54, 1.807) is 0 Å². The Morgan fingerprint density at radius 1 is 1.45 bits per heavy atom. The van der Waals surface area contributed by atoms with E-state index in [1.807, 2.05) is 0 Å². The van der Waals surface area contributed by atoms with Gasteiger partial charge in [0, 0.05) is 4.88 Å². The molecule has 0 spiro atoms. The highest BCUT2D eigenvalue weighted by Crippen LogP contribution is 2.45. The predicted molar refractivity (Wildman–Crippen MR) is 88.5 cm³/mol. The third kappa shape index (κ3) is 3.11. The van der Waals surface area contributed by atoms with E-state index >= 15 is 0 Å². The van der Waals surface area contributed by atoms with Crippen molar-refractivity contribution in [3.05, 3.63) is 16.0 Å². The highest BCUT2D eigenvalue weighted by Gasteiger charge is 2.34. The number of fused-ring (bicyclic) bond motifs is 1. The number of carbonyl (C=O) groups is 2. The summed E-state index contributed by atoms with van der Waals surface area (Å²) in [6, 6.07) is 0. The fourth-order valence-corrected chi connectivity index (χ4v) is 4.35. The Bertz CT molecular complexity index is 592. The zero-order valence-electron chi connectivity index (χ0n) is 13.6. The molecular formula is C16H24N2O3S. The van der Waals surface area contributed by atoms with Crippen LogP contribution in [0, 0.1) is 11.3 Å². The second-order valence-corrected chi connectivity index (χ2v) is 7.58. The van der Waals surface area contributed by atoms with E-state index in [4.69, 9.17) is 5.73 Å². The van der Waals surface area contributed by atoms with Crippen LogP contribution >= 0.6 is 11.3 Å². The predicted octanol–water partition coefficient (Wildman–Crippen LogP) is 3.57. The normalized spacial score (nSPS) is 17.7. The van der Waals surface area contributed by atoms with Crippen molar-refractivity contribution in [2.45, 2.75) is 46.5 Å². The molecule has 0 unspecified atom stereocenters. The number of primary amides is 1. The van der Waals surface area contributed by atoms with E-state index in [1.165, 1.54) is 18.4 Å². The van der Waals surface area contributed by atoms with Gasteiger partial charge in [0.05, 0.1) is 12.7 Å². The maximum absolute atomic E-state index is 11.8. The molecule has 2 amide bonds. The van der Waals surface area contributed by atoms with Gasteiger partial charge in [0.25, 0.3) is 5.91 Å². The van der Waals surface area contributed by atoms with Crippen molar-refractivity contribution in [2.75, 3.05) is 12.4 Å². The molecule has 0 fully saturated rings. The standard InChI is InChI=1S/C16H24N2O3S/c1-5-16(2,3)9-6-7-10-11(8-9)22-14(12(10)13(17)19)18-15(20)21-4/h9H,5-8H2,1-4H3,(H2,17,19)(H,18,20)/t9-/m0/s1. The Labute approximate surface area is 135 Å². The molecule has 0 saturated carbocycles. The Morgan fingerprint density at radius 2 is 2.14 bits per heavy atom. The number of nitrogens with one attached hydrogen (secondary N) is 1. The topological polar surface area (TPSA) is 81.4 Å². The molecule has 5 nitrogen and oxygen atoms in total. The van der Waals surface area contributed by atoms with Gasteiger partial charge in [0.1, 0.15) is 5.00 Å². The molecule has 1 atom stereocenters. The summed E-state index contributed by atoms with van der Waals surface area (Å²) in [6.45, 7) is 6.79. The lowest BCUT2D eigenvalue weighted by molar-refractivity contribution is 0.1000. The third-order valence-corrected chi connectivity index (χ3v) is 6.10. The first-order valence-corrected chi connectivity index (χ1v) is 8.41. The van der Waals surface area contributed by atoms with E-state index < -0.39 is 12.0 Å². The van der Waals surface area contributed by atoms with Crippen molar-refractivity contribution in [3.8, 4) is 0 Å². The number of amides is 2. The number of anilines is 1. The van der Waals surface area contributed by atoms with Crippen LogP contribution in [0.5, 0.6) is 0 Å². The summed E-state index contributed by atoms with van der Waals surface area (Å²) in [5.74, 6) is 0.0902. The van der Waals surface area contributed by atoms with Gasteiger partial charge in [0.2, 0.25) is 0 Å². The first kappa shape index (κ1) is 16.8. The molecule has 1 aliphatic carbocycles. The first-order valence-electron chi connectivity index (χ1n) is 7.59. The van der Waals surface area contributed by atoms with E-state index in [2.05, 4.69) is 30.8 Å². The Morgan fingerprint density at radius 3 is 2.68 bits per heavy atom. The van der Waals surface area contributed by atoms with E-state index in [0.717, 1.165) is 36.1 Å². The summed E-state index contributed by atoms with van der Waals surface area (Å²) in [5.41, 5.74) is 7.25. The minimum Gasteiger partial charge on any atom is -0.453 e. The molecule has 0 bridgehead atoms. The Balaban J connectivity index is 2.35. The molecule has 0 aromatic carbocycles. The maximum atomic E-state index is 11.8. The molecule has 3 N–H and O–H groups in total. The van der Waals surface area contributed by atoms with Crippen LogP contribution in [0.1, 0.15) is 54.4 Å². The molecule has 0 saturated heterocycles. The zero-order valence-corrected chi connectivity index (χ0v) is 14.4. The minimum absolute atomic E-state index is 0.268. The molecule has 1 heterocycles. The first-order chi connectivity index (χ1) is 10.3. The van der Waals surface area contributed by atoms with Crippen molar-refractivity contribution in [1.29, 1.82) is 0 Å². The van der Waals surface area contributed by atoms with Gasteiger partial charge in [-0.05, 0) is 36.2 Å². The summed E-state index contributed by atoms with van der Waals surface area (Å²) in [5, 5.41) is 3.14. The van der Waals surface area contributed by atoms with Crippen molar-refractivity contribution >= 4 is 28.3 Å². The van der Waals surface area contributed by atoms with Gasteiger partial charge >= 0.3 is 6.09 Å². The number of carbonyl (C=O) groups excluding carboxylic acids is 2. The number of hydrogen-bond donors (Lipinski definition) is 2. The summed E-state index contributed by atoms with van der Waals surface area (Å²) >= 11 is 1.45. The summed E-state index contributed by atoms with van der Waals surface area (Å²) in [6.07, 6.45) is 3.36. The fraction of sp³-hybridized carbons (Fsp3) is 0.625. The number of nitrogens with two attached hydrogens (primary N) is 1. The van der Waals surface area contributed by atoms with Crippen molar-refractivity contribution in [3.63, 3.8) is 0 Å². The maximum Gasteiger partial charge on any atom is 0.411 e. The summed E-state index contributed by atoms with van der Waals surface area (Å²) in [7, 11) is 1.30. The second-order valence-electron chi connectivity index (χ2n) is 6.47. The van der Waals surface area contributed by atoms with Crippen LogP contribution in [0.2, 0.25) is 0 Å². The van der Waals surface area contributed by atoms with Gasteiger partial charge in [-0.3, -0.25) is 10.1 Å². The quantitative estimate of drug-likeness (QED) is 0.888. The Hall–Kier alpha value is -1.56. The fourth-order valence-electron chi connectivity index (χ4n) is 3.03. The van der Waals surface area contributed by atoms with Gasteiger partial charge in [-0.2, -0.15) is 0 Å². The van der Waals surface area contributed by atoms with Crippen LogP contribution in [0.4, 0.5) is 9.80 Å². The SMILES string of the molecule is CCC(C)(C)[C@H]1CCc2c(sc(NC(=O)OC)c2C(N)=O)C1. The average molecular weight is 324 g/mol. The number of rotatable bonds is 4. The van der Waals surface area contributed by atoms with Gasteiger partial charge in [-0.15, -0.1) is 11.3 Å². The van der Waals surface area contributed by atoms with Crippen molar-refractivity contribution in [1.82, 2.24) is 0 Å². The molecule has 1 aliphatic rings. The minimum atomic E-state index is -0.577. The second kappa shape index (κ2) is 6.28. The lowest BCUT2D eigenvalue weighted by Crippen LogP contribution is -2.29. The molecule has 122 valence electrons. The largest absolute Gasteiger partial charge is 0.453 e. The van der Waals surface area contributed by atoms with Crippen molar-refractivity contribution < 1.29 is 14.3 Å². The van der Waals surface area contributed by atoms with Gasteiger partial charge in [-0.25, -0.2) is 4.79 Å². The lowest BCUT2D eigenvalue weighted by atomic mass is 9.69. The van der Waals surface area contributed by atoms with E-state index in [9.17, 15) is 9.59 Å². The Kier molecular flexibility index (Phi) is 4.80. The molecule has 1 aromatic rings.